The van der Waals surface area contributed by atoms with Gasteiger partial charge in [0.15, 0.2) is 0 Å². The van der Waals surface area contributed by atoms with Gasteiger partial charge in [0.25, 0.3) is 0 Å². The first kappa shape index (κ1) is 13.3. The first-order valence-electron chi connectivity index (χ1n) is 6.60. The van der Waals surface area contributed by atoms with E-state index in [0.29, 0.717) is 6.10 Å². The van der Waals surface area contributed by atoms with Crippen LogP contribution in [0.4, 0.5) is 5.82 Å². The van der Waals surface area contributed by atoms with E-state index < -0.39 is 0 Å². The number of rotatable bonds is 4. The monoisotopic (exact) mass is 250 g/mol. The molecule has 0 spiro atoms. The lowest BCUT2D eigenvalue weighted by molar-refractivity contribution is 0.0215. The highest BCUT2D eigenvalue weighted by Crippen LogP contribution is 2.20. The van der Waals surface area contributed by atoms with E-state index in [1.165, 1.54) is 12.8 Å². The minimum atomic E-state index is 0.0452. The molecule has 1 aliphatic rings. The second kappa shape index (κ2) is 6.16. The molecule has 18 heavy (non-hydrogen) atoms. The Morgan fingerprint density at radius 1 is 1.50 bits per heavy atom. The number of aliphatic hydroxyl groups excluding tert-OH is 1. The number of nitrogens with zero attached hydrogens (tertiary/aromatic N) is 2. The molecule has 1 N–H and O–H groups in total. The lowest BCUT2D eigenvalue weighted by atomic mass is 10.1. The fourth-order valence-electron chi connectivity index (χ4n) is 2.46. The smallest absolute Gasteiger partial charge is 0.131 e. The molecule has 1 atom stereocenters. The molecule has 1 aliphatic heterocycles. The predicted molar refractivity (Wildman–Crippen MR) is 71.8 cm³/mol. The van der Waals surface area contributed by atoms with Crippen molar-refractivity contribution in [3.05, 3.63) is 23.4 Å². The van der Waals surface area contributed by atoms with Crippen molar-refractivity contribution in [1.82, 2.24) is 4.98 Å². The number of aryl methyl sites for hydroxylation is 1. The van der Waals surface area contributed by atoms with Crippen LogP contribution >= 0.6 is 0 Å². The average Bonchev–Trinajstić information content (AvgIpc) is 2.39. The zero-order valence-electron chi connectivity index (χ0n) is 11.2. The second-order valence-corrected chi connectivity index (χ2v) is 5.01. The van der Waals surface area contributed by atoms with E-state index >= 15 is 0 Å². The number of anilines is 1. The zero-order valence-corrected chi connectivity index (χ0v) is 11.2. The van der Waals surface area contributed by atoms with Crippen LogP contribution in [-0.4, -0.2) is 36.4 Å². The Bertz CT molecular complexity index is 389. The standard InChI is InChI=1S/C14H22N2O2/c1-11-7-12(10-17)8-15-14(11)16(2)9-13-5-3-4-6-18-13/h7-8,13,17H,3-6,9-10H2,1-2H3. The molecule has 0 aliphatic carbocycles. The fourth-order valence-corrected chi connectivity index (χ4v) is 2.46. The molecule has 4 nitrogen and oxygen atoms in total. The van der Waals surface area contributed by atoms with Gasteiger partial charge in [-0.3, -0.25) is 0 Å². The van der Waals surface area contributed by atoms with Gasteiger partial charge in [-0.15, -0.1) is 0 Å². The van der Waals surface area contributed by atoms with Gasteiger partial charge in [-0.05, 0) is 43.4 Å². The Morgan fingerprint density at radius 2 is 2.33 bits per heavy atom. The third-order valence-corrected chi connectivity index (χ3v) is 3.40. The molecule has 0 aromatic carbocycles. The lowest BCUT2D eigenvalue weighted by Crippen LogP contribution is -2.34. The van der Waals surface area contributed by atoms with Crippen LogP contribution in [0.3, 0.4) is 0 Å². The van der Waals surface area contributed by atoms with E-state index in [-0.39, 0.29) is 6.61 Å². The van der Waals surface area contributed by atoms with E-state index in [0.717, 1.165) is 36.5 Å². The molecule has 1 saturated heterocycles. The Kier molecular flexibility index (Phi) is 4.55. The highest BCUT2D eigenvalue weighted by Gasteiger charge is 2.17. The summed E-state index contributed by atoms with van der Waals surface area (Å²) in [6.07, 6.45) is 5.64. The maximum Gasteiger partial charge on any atom is 0.131 e. The quantitative estimate of drug-likeness (QED) is 0.886. The van der Waals surface area contributed by atoms with Gasteiger partial charge in [0, 0.05) is 26.4 Å². The van der Waals surface area contributed by atoms with Crippen LogP contribution in [0.1, 0.15) is 30.4 Å². The van der Waals surface area contributed by atoms with Crippen molar-refractivity contribution in [2.24, 2.45) is 0 Å². The summed E-state index contributed by atoms with van der Waals surface area (Å²) in [7, 11) is 2.05. The molecule has 2 heterocycles. The fraction of sp³-hybridized carbons (Fsp3) is 0.643. The third-order valence-electron chi connectivity index (χ3n) is 3.40. The summed E-state index contributed by atoms with van der Waals surface area (Å²) < 4.78 is 5.75. The summed E-state index contributed by atoms with van der Waals surface area (Å²) >= 11 is 0. The summed E-state index contributed by atoms with van der Waals surface area (Å²) in [6, 6.07) is 1.99. The maximum atomic E-state index is 9.08. The predicted octanol–water partition coefficient (Wildman–Crippen LogP) is 1.89. The maximum absolute atomic E-state index is 9.08. The number of likely N-dealkylation sites (N-methyl/N-ethyl adjacent to an activating group) is 1. The van der Waals surface area contributed by atoms with Crippen molar-refractivity contribution >= 4 is 5.82 Å². The van der Waals surface area contributed by atoms with Gasteiger partial charge in [0.1, 0.15) is 5.82 Å². The molecular weight excluding hydrogens is 228 g/mol. The molecule has 0 radical (unpaired) electrons. The van der Waals surface area contributed by atoms with Crippen molar-refractivity contribution in [3.8, 4) is 0 Å². The Balaban J connectivity index is 2.01. The number of pyridine rings is 1. The molecule has 4 heteroatoms. The number of ether oxygens (including phenoxy) is 1. The zero-order chi connectivity index (χ0) is 13.0. The van der Waals surface area contributed by atoms with E-state index in [9.17, 15) is 0 Å². The SMILES string of the molecule is Cc1cc(CO)cnc1N(C)CC1CCCCO1. The van der Waals surface area contributed by atoms with Crippen LogP contribution in [-0.2, 0) is 11.3 Å². The molecule has 100 valence electrons. The summed E-state index contributed by atoms with van der Waals surface area (Å²) in [6.45, 7) is 3.84. The van der Waals surface area contributed by atoms with Crippen LogP contribution in [0.15, 0.2) is 12.3 Å². The van der Waals surface area contributed by atoms with Crippen molar-refractivity contribution in [2.75, 3.05) is 25.1 Å². The lowest BCUT2D eigenvalue weighted by Gasteiger charge is -2.28. The second-order valence-electron chi connectivity index (χ2n) is 5.01. The molecular formula is C14H22N2O2. The number of hydrogen-bond acceptors (Lipinski definition) is 4. The van der Waals surface area contributed by atoms with E-state index in [4.69, 9.17) is 9.84 Å². The molecule has 1 aromatic rings. The number of aliphatic hydroxyl groups is 1. The van der Waals surface area contributed by atoms with E-state index in [2.05, 4.69) is 9.88 Å². The normalized spacial score (nSPS) is 19.8. The molecule has 0 saturated carbocycles. The highest BCUT2D eigenvalue weighted by molar-refractivity contribution is 5.46. The van der Waals surface area contributed by atoms with Crippen molar-refractivity contribution < 1.29 is 9.84 Å². The number of aromatic nitrogens is 1. The molecule has 1 aromatic heterocycles. The van der Waals surface area contributed by atoms with Crippen LogP contribution in [0.2, 0.25) is 0 Å². The van der Waals surface area contributed by atoms with Crippen molar-refractivity contribution in [3.63, 3.8) is 0 Å². The van der Waals surface area contributed by atoms with Gasteiger partial charge in [-0.1, -0.05) is 0 Å². The minimum Gasteiger partial charge on any atom is -0.392 e. The van der Waals surface area contributed by atoms with Gasteiger partial charge < -0.3 is 14.7 Å². The van der Waals surface area contributed by atoms with Gasteiger partial charge >= 0.3 is 0 Å². The average molecular weight is 250 g/mol. The van der Waals surface area contributed by atoms with Gasteiger partial charge in [0.05, 0.1) is 12.7 Å². The van der Waals surface area contributed by atoms with Gasteiger partial charge in [0.2, 0.25) is 0 Å². The number of hydrogen-bond donors (Lipinski definition) is 1. The van der Waals surface area contributed by atoms with Crippen LogP contribution < -0.4 is 4.90 Å². The molecule has 2 rings (SSSR count). The Labute approximate surface area is 109 Å². The molecule has 1 fully saturated rings. The summed E-state index contributed by atoms with van der Waals surface area (Å²) in [4.78, 5) is 6.57. The van der Waals surface area contributed by atoms with Crippen LogP contribution in [0, 0.1) is 6.92 Å². The third kappa shape index (κ3) is 3.21. The summed E-state index contributed by atoms with van der Waals surface area (Å²) in [5, 5.41) is 9.08. The van der Waals surface area contributed by atoms with Crippen molar-refractivity contribution in [2.45, 2.75) is 38.9 Å². The van der Waals surface area contributed by atoms with Gasteiger partial charge in [-0.2, -0.15) is 0 Å². The van der Waals surface area contributed by atoms with Crippen LogP contribution in [0.5, 0.6) is 0 Å². The molecule has 1 unspecified atom stereocenters. The van der Waals surface area contributed by atoms with Crippen LogP contribution in [0.25, 0.3) is 0 Å². The first-order chi connectivity index (χ1) is 8.70. The highest BCUT2D eigenvalue weighted by atomic mass is 16.5. The summed E-state index contributed by atoms with van der Waals surface area (Å²) in [5.74, 6) is 0.973. The molecule has 0 amide bonds. The topological polar surface area (TPSA) is 45.6 Å². The summed E-state index contributed by atoms with van der Waals surface area (Å²) in [5.41, 5.74) is 1.96. The molecule has 0 bridgehead atoms. The Morgan fingerprint density at radius 3 is 2.94 bits per heavy atom. The Hall–Kier alpha value is -1.13. The van der Waals surface area contributed by atoms with Gasteiger partial charge in [-0.25, -0.2) is 4.98 Å². The largest absolute Gasteiger partial charge is 0.392 e. The van der Waals surface area contributed by atoms with E-state index in [1.807, 2.05) is 20.0 Å². The van der Waals surface area contributed by atoms with Crippen molar-refractivity contribution in [1.29, 1.82) is 0 Å². The first-order valence-corrected chi connectivity index (χ1v) is 6.60. The minimum absolute atomic E-state index is 0.0452. The van der Waals surface area contributed by atoms with E-state index in [1.54, 1.807) is 6.20 Å².